The normalized spacial score (nSPS) is 11.6. The van der Waals surface area contributed by atoms with E-state index in [4.69, 9.17) is 5.73 Å². The lowest BCUT2D eigenvalue weighted by Gasteiger charge is -2.14. The highest BCUT2D eigenvalue weighted by Crippen LogP contribution is 2.38. The van der Waals surface area contributed by atoms with Gasteiger partial charge in [-0.15, -0.1) is 0 Å². The van der Waals surface area contributed by atoms with E-state index in [0.29, 0.717) is 16.5 Å². The third kappa shape index (κ3) is 2.75. The first-order valence-corrected chi connectivity index (χ1v) is 6.74. The number of carbonyl (C=O) groups is 1. The Balaban J connectivity index is 2.33. The largest absolute Gasteiger partial charge is 0.417 e. The number of hydrogen-bond acceptors (Lipinski definition) is 2. The van der Waals surface area contributed by atoms with E-state index in [9.17, 15) is 18.0 Å². The molecule has 2 aromatic carbocycles. The molecule has 1 heterocycles. The minimum Gasteiger partial charge on any atom is -0.364 e. The smallest absolute Gasteiger partial charge is 0.364 e. The highest BCUT2D eigenvalue weighted by Gasteiger charge is 2.33. The average molecular weight is 316 g/mol. The molecule has 3 nitrogen and oxygen atoms in total. The second-order valence-corrected chi connectivity index (χ2v) is 4.98. The van der Waals surface area contributed by atoms with E-state index < -0.39 is 17.6 Å². The van der Waals surface area contributed by atoms with Gasteiger partial charge in [0.25, 0.3) is 5.91 Å². The lowest BCUT2D eigenvalue weighted by molar-refractivity contribution is -0.137. The van der Waals surface area contributed by atoms with Gasteiger partial charge in [0.2, 0.25) is 0 Å². The van der Waals surface area contributed by atoms with Crippen molar-refractivity contribution in [2.24, 2.45) is 5.73 Å². The summed E-state index contributed by atoms with van der Waals surface area (Å²) in [7, 11) is 0. The Bertz CT molecular complexity index is 904. The molecule has 23 heavy (non-hydrogen) atoms. The number of primary amides is 1. The number of carbonyl (C=O) groups excluding carboxylic acids is 1. The number of amides is 1. The van der Waals surface area contributed by atoms with E-state index in [-0.39, 0.29) is 11.3 Å². The van der Waals surface area contributed by atoms with Crippen LogP contribution < -0.4 is 5.73 Å². The van der Waals surface area contributed by atoms with Crippen molar-refractivity contribution in [3.63, 3.8) is 0 Å². The van der Waals surface area contributed by atoms with Crippen LogP contribution in [0, 0.1) is 0 Å². The van der Waals surface area contributed by atoms with E-state index in [2.05, 4.69) is 4.98 Å². The number of rotatable bonds is 2. The monoisotopic (exact) mass is 316 g/mol. The summed E-state index contributed by atoms with van der Waals surface area (Å²) in [4.78, 5) is 15.4. The van der Waals surface area contributed by atoms with Crippen molar-refractivity contribution in [1.29, 1.82) is 0 Å². The Morgan fingerprint density at radius 3 is 2.30 bits per heavy atom. The number of fused-ring (bicyclic) bond motifs is 1. The highest BCUT2D eigenvalue weighted by molar-refractivity contribution is 5.98. The molecule has 0 aliphatic rings. The molecule has 0 atom stereocenters. The Morgan fingerprint density at radius 1 is 0.913 bits per heavy atom. The van der Waals surface area contributed by atoms with Gasteiger partial charge in [0.15, 0.2) is 0 Å². The summed E-state index contributed by atoms with van der Waals surface area (Å²) in [5.74, 6) is -0.731. The Morgan fingerprint density at radius 2 is 1.61 bits per heavy atom. The summed E-state index contributed by atoms with van der Waals surface area (Å²) in [6, 6.07) is 13.2. The number of nitrogens with two attached hydrogens (primary N) is 1. The van der Waals surface area contributed by atoms with Crippen LogP contribution in [0.3, 0.4) is 0 Å². The highest BCUT2D eigenvalue weighted by atomic mass is 19.4. The fourth-order valence-corrected chi connectivity index (χ4v) is 2.47. The fraction of sp³-hybridized carbons (Fsp3) is 0.0588. The Hall–Kier alpha value is -2.89. The molecule has 3 aromatic rings. The quantitative estimate of drug-likeness (QED) is 0.776. The third-order valence-corrected chi connectivity index (χ3v) is 3.50. The van der Waals surface area contributed by atoms with Crippen molar-refractivity contribution in [1.82, 2.24) is 4.98 Å². The van der Waals surface area contributed by atoms with Crippen LogP contribution in [-0.2, 0) is 6.18 Å². The molecule has 116 valence electrons. The summed E-state index contributed by atoms with van der Waals surface area (Å²) in [6.07, 6.45) is -4.49. The first-order chi connectivity index (χ1) is 10.9. The van der Waals surface area contributed by atoms with Crippen LogP contribution >= 0.6 is 0 Å². The summed E-state index contributed by atoms with van der Waals surface area (Å²) >= 11 is 0. The van der Waals surface area contributed by atoms with Crippen molar-refractivity contribution >= 4 is 16.8 Å². The molecule has 0 aliphatic heterocycles. The van der Waals surface area contributed by atoms with Gasteiger partial charge in [-0.05, 0) is 17.7 Å². The van der Waals surface area contributed by atoms with Crippen molar-refractivity contribution in [3.05, 3.63) is 65.9 Å². The number of halogens is 3. The first-order valence-electron chi connectivity index (χ1n) is 6.74. The van der Waals surface area contributed by atoms with Gasteiger partial charge < -0.3 is 5.73 Å². The molecule has 0 saturated heterocycles. The molecule has 0 radical (unpaired) electrons. The van der Waals surface area contributed by atoms with E-state index >= 15 is 0 Å². The van der Waals surface area contributed by atoms with Crippen LogP contribution in [0.25, 0.3) is 22.0 Å². The predicted octanol–water partition coefficient (Wildman–Crippen LogP) is 4.02. The van der Waals surface area contributed by atoms with Crippen molar-refractivity contribution < 1.29 is 18.0 Å². The van der Waals surface area contributed by atoms with Gasteiger partial charge in [-0.3, -0.25) is 4.79 Å². The molecule has 6 heteroatoms. The molecule has 3 rings (SSSR count). The lowest BCUT2D eigenvalue weighted by Crippen LogP contribution is -2.13. The standard InChI is InChI=1S/C17H11F3N2O/c18-17(19,20)13-7-2-1-5-11(13)12-6-3-4-10-8-9-14(16(21)23)22-15(10)12/h1-9H,(H2,21,23). The molecule has 0 bridgehead atoms. The Labute approximate surface area is 129 Å². The summed E-state index contributed by atoms with van der Waals surface area (Å²) < 4.78 is 39.7. The molecule has 0 spiro atoms. The van der Waals surface area contributed by atoms with Gasteiger partial charge >= 0.3 is 6.18 Å². The number of para-hydroxylation sites is 1. The molecule has 2 N–H and O–H groups in total. The maximum atomic E-state index is 13.2. The van der Waals surface area contributed by atoms with E-state index in [1.54, 1.807) is 24.3 Å². The summed E-state index contributed by atoms with van der Waals surface area (Å²) in [5, 5.41) is 0.629. The van der Waals surface area contributed by atoms with Gasteiger partial charge in [0.05, 0.1) is 11.1 Å². The number of pyridine rings is 1. The maximum absolute atomic E-state index is 13.2. The number of nitrogens with zero attached hydrogens (tertiary/aromatic N) is 1. The number of benzene rings is 2. The SMILES string of the molecule is NC(=O)c1ccc2cccc(-c3ccccc3C(F)(F)F)c2n1. The van der Waals surface area contributed by atoms with E-state index in [0.717, 1.165) is 6.07 Å². The summed E-state index contributed by atoms with van der Waals surface area (Å²) in [5.41, 5.74) is 5.09. The second kappa shape index (κ2) is 5.39. The van der Waals surface area contributed by atoms with E-state index in [1.807, 2.05) is 0 Å². The van der Waals surface area contributed by atoms with Gasteiger partial charge in [-0.25, -0.2) is 4.98 Å². The minimum absolute atomic E-state index is 0.00874. The molecule has 0 saturated carbocycles. The second-order valence-electron chi connectivity index (χ2n) is 4.98. The van der Waals surface area contributed by atoms with Gasteiger partial charge in [0.1, 0.15) is 5.69 Å². The van der Waals surface area contributed by atoms with Gasteiger partial charge in [-0.1, -0.05) is 42.5 Å². The van der Waals surface area contributed by atoms with E-state index in [1.165, 1.54) is 24.3 Å². The average Bonchev–Trinajstić information content (AvgIpc) is 2.53. The molecule has 0 aliphatic carbocycles. The predicted molar refractivity (Wildman–Crippen MR) is 80.7 cm³/mol. The molecular formula is C17H11F3N2O. The zero-order chi connectivity index (χ0) is 16.6. The van der Waals surface area contributed by atoms with Gasteiger partial charge in [0, 0.05) is 10.9 Å². The molecule has 1 aromatic heterocycles. The summed E-state index contributed by atoms with van der Waals surface area (Å²) in [6.45, 7) is 0. The van der Waals surface area contributed by atoms with Crippen LogP contribution in [0.1, 0.15) is 16.1 Å². The van der Waals surface area contributed by atoms with Gasteiger partial charge in [-0.2, -0.15) is 13.2 Å². The maximum Gasteiger partial charge on any atom is 0.417 e. The van der Waals surface area contributed by atoms with Crippen molar-refractivity contribution in [2.45, 2.75) is 6.18 Å². The van der Waals surface area contributed by atoms with Crippen molar-refractivity contribution in [2.75, 3.05) is 0 Å². The number of alkyl halides is 3. The third-order valence-electron chi connectivity index (χ3n) is 3.50. The van der Waals surface area contributed by atoms with Crippen LogP contribution in [0.2, 0.25) is 0 Å². The van der Waals surface area contributed by atoms with Crippen LogP contribution in [-0.4, -0.2) is 10.9 Å². The first kappa shape index (κ1) is 15.0. The number of aromatic nitrogens is 1. The van der Waals surface area contributed by atoms with Crippen LogP contribution in [0.15, 0.2) is 54.6 Å². The zero-order valence-corrected chi connectivity index (χ0v) is 11.8. The Kier molecular flexibility index (Phi) is 3.52. The molecule has 0 unspecified atom stereocenters. The number of hydrogen-bond donors (Lipinski definition) is 1. The van der Waals surface area contributed by atoms with Crippen LogP contribution in [0.4, 0.5) is 13.2 Å². The molecular weight excluding hydrogens is 305 g/mol. The van der Waals surface area contributed by atoms with Crippen LogP contribution in [0.5, 0.6) is 0 Å². The minimum atomic E-state index is -4.49. The lowest BCUT2D eigenvalue weighted by atomic mass is 9.97. The van der Waals surface area contributed by atoms with Crippen molar-refractivity contribution in [3.8, 4) is 11.1 Å². The fourth-order valence-electron chi connectivity index (χ4n) is 2.47. The molecule has 1 amide bonds. The topological polar surface area (TPSA) is 56.0 Å². The zero-order valence-electron chi connectivity index (χ0n) is 11.8. The molecule has 0 fully saturated rings.